The molecule has 0 saturated carbocycles. The van der Waals surface area contributed by atoms with Crippen molar-refractivity contribution in [1.82, 2.24) is 9.97 Å². The third-order valence-electron chi connectivity index (χ3n) is 0.743. The molecule has 6 heteroatoms. The van der Waals surface area contributed by atoms with Crippen molar-refractivity contribution in [2.75, 3.05) is 0 Å². The van der Waals surface area contributed by atoms with E-state index in [-0.39, 0.29) is 20.6 Å². The Morgan fingerprint density at radius 3 is 1.50 bits per heavy atom. The van der Waals surface area contributed by atoms with Crippen LogP contribution in [-0.4, -0.2) is 9.97 Å². The number of hydrogen-bond donors (Lipinski definition) is 0. The van der Waals surface area contributed by atoms with E-state index in [1.165, 1.54) is 0 Å². The van der Waals surface area contributed by atoms with Gasteiger partial charge in [-0.25, -0.2) is 9.97 Å². The van der Waals surface area contributed by atoms with Gasteiger partial charge >= 0.3 is 0 Å². The van der Waals surface area contributed by atoms with E-state index in [1.54, 1.807) is 0 Å². The van der Waals surface area contributed by atoms with Crippen molar-refractivity contribution in [3.8, 4) is 0 Å². The molecular formula is C6H6Cl4N2. The molecule has 1 heterocycles. The van der Waals surface area contributed by atoms with E-state index < -0.39 is 0 Å². The van der Waals surface area contributed by atoms with Crippen molar-refractivity contribution in [2.45, 2.75) is 13.8 Å². The van der Waals surface area contributed by atoms with E-state index >= 15 is 0 Å². The van der Waals surface area contributed by atoms with E-state index in [2.05, 4.69) is 9.97 Å². The Labute approximate surface area is 90.8 Å². The number of aromatic nitrogens is 2. The predicted molar refractivity (Wildman–Crippen MR) is 53.4 cm³/mol. The van der Waals surface area contributed by atoms with Gasteiger partial charge in [-0.15, -0.1) is 0 Å². The number of rotatable bonds is 0. The van der Waals surface area contributed by atoms with Crippen molar-refractivity contribution in [3.63, 3.8) is 0 Å². The Bertz CT molecular complexity index is 241. The predicted octanol–water partition coefficient (Wildman–Crippen LogP) is 4.12. The molecule has 0 atom stereocenters. The fourth-order valence-corrected chi connectivity index (χ4v) is 1.10. The minimum atomic E-state index is -0.0144. The topological polar surface area (TPSA) is 25.8 Å². The van der Waals surface area contributed by atoms with Gasteiger partial charge in [-0.05, 0) is 11.6 Å². The zero-order valence-electron chi connectivity index (χ0n) is 6.41. The van der Waals surface area contributed by atoms with Crippen LogP contribution in [-0.2, 0) is 0 Å². The Kier molecular flexibility index (Phi) is 5.93. The smallest absolute Gasteiger partial charge is 0.204 e. The van der Waals surface area contributed by atoms with E-state index in [1.807, 2.05) is 13.8 Å². The van der Waals surface area contributed by atoms with Crippen molar-refractivity contribution in [2.24, 2.45) is 0 Å². The first-order valence-corrected chi connectivity index (χ1v) is 4.66. The Balaban J connectivity index is 0.000000561. The molecule has 0 aliphatic heterocycles. The Hall–Kier alpha value is 0.240. The fraction of sp³-hybridized carbons (Fsp3) is 0.333. The molecule has 1 aromatic rings. The second-order valence-corrected chi connectivity index (χ2v) is 2.82. The van der Waals surface area contributed by atoms with Crippen LogP contribution in [0.5, 0.6) is 0 Å². The van der Waals surface area contributed by atoms with Crippen LogP contribution in [0.15, 0.2) is 0 Å². The monoisotopic (exact) mass is 246 g/mol. The van der Waals surface area contributed by atoms with Crippen LogP contribution >= 0.6 is 46.4 Å². The minimum Gasteiger partial charge on any atom is -0.204 e. The molecule has 2 nitrogen and oxygen atoms in total. The molecule has 0 fully saturated rings. The van der Waals surface area contributed by atoms with Crippen LogP contribution in [0.1, 0.15) is 13.8 Å². The van der Waals surface area contributed by atoms with E-state index in [0.29, 0.717) is 0 Å². The summed E-state index contributed by atoms with van der Waals surface area (Å²) in [6.07, 6.45) is 0. The summed E-state index contributed by atoms with van der Waals surface area (Å²) >= 11 is 21.8. The average Bonchev–Trinajstić information content (AvgIpc) is 2.04. The highest BCUT2D eigenvalue weighted by Crippen LogP contribution is 2.27. The number of hydrogen-bond acceptors (Lipinski definition) is 2. The maximum atomic E-state index is 5.50. The number of nitrogens with zero attached hydrogens (tertiary/aromatic N) is 2. The molecule has 0 radical (unpaired) electrons. The maximum Gasteiger partial charge on any atom is 0.225 e. The summed E-state index contributed by atoms with van der Waals surface area (Å²) in [5.41, 5.74) is 0. The summed E-state index contributed by atoms with van der Waals surface area (Å²) in [5, 5.41) is 0.227. The second-order valence-electron chi connectivity index (χ2n) is 1.39. The summed E-state index contributed by atoms with van der Waals surface area (Å²) in [5.74, 6) is 0. The second kappa shape index (κ2) is 5.81. The van der Waals surface area contributed by atoms with Crippen LogP contribution in [0.25, 0.3) is 0 Å². The molecule has 0 amide bonds. The van der Waals surface area contributed by atoms with Gasteiger partial charge in [0.15, 0.2) is 10.3 Å². The van der Waals surface area contributed by atoms with Gasteiger partial charge < -0.3 is 0 Å². The SMILES string of the molecule is CC.Clc1nc(Cl)c(Cl)c(Cl)n1. The molecule has 0 spiro atoms. The van der Waals surface area contributed by atoms with E-state index in [9.17, 15) is 0 Å². The molecule has 0 N–H and O–H groups in total. The van der Waals surface area contributed by atoms with Crippen molar-refractivity contribution in [1.29, 1.82) is 0 Å². The lowest BCUT2D eigenvalue weighted by Crippen LogP contribution is -1.84. The van der Waals surface area contributed by atoms with Crippen molar-refractivity contribution in [3.05, 3.63) is 20.6 Å². The lowest BCUT2D eigenvalue weighted by molar-refractivity contribution is 1.17. The maximum absolute atomic E-state index is 5.50. The van der Waals surface area contributed by atoms with Gasteiger partial charge in [-0.3, -0.25) is 0 Å². The molecule has 0 aromatic carbocycles. The van der Waals surface area contributed by atoms with Crippen LogP contribution in [0.4, 0.5) is 0 Å². The molecule has 0 aliphatic rings. The first-order chi connectivity index (χ1) is 5.61. The zero-order valence-corrected chi connectivity index (χ0v) is 9.43. The quantitative estimate of drug-likeness (QED) is 0.509. The van der Waals surface area contributed by atoms with Gasteiger partial charge in [0.25, 0.3) is 0 Å². The first kappa shape index (κ1) is 12.2. The van der Waals surface area contributed by atoms with Crippen molar-refractivity contribution < 1.29 is 0 Å². The summed E-state index contributed by atoms with van der Waals surface area (Å²) in [4.78, 5) is 7.07. The third kappa shape index (κ3) is 3.31. The molecule has 12 heavy (non-hydrogen) atoms. The molecule has 0 aliphatic carbocycles. The average molecular weight is 248 g/mol. The van der Waals surface area contributed by atoms with Gasteiger partial charge in [-0.2, -0.15) is 0 Å². The lowest BCUT2D eigenvalue weighted by Gasteiger charge is -1.95. The van der Waals surface area contributed by atoms with Gasteiger partial charge in [0.1, 0.15) is 5.02 Å². The zero-order chi connectivity index (χ0) is 9.72. The third-order valence-corrected chi connectivity index (χ3v) is 2.01. The summed E-state index contributed by atoms with van der Waals surface area (Å²) in [6.45, 7) is 4.00. The van der Waals surface area contributed by atoms with Crippen LogP contribution in [0, 0.1) is 0 Å². The molecule has 1 aromatic heterocycles. The minimum absolute atomic E-state index is 0.0144. The molecule has 0 unspecified atom stereocenters. The van der Waals surface area contributed by atoms with Gasteiger partial charge in [-0.1, -0.05) is 48.7 Å². The first-order valence-electron chi connectivity index (χ1n) is 3.15. The molecule has 0 bridgehead atoms. The Morgan fingerprint density at radius 1 is 0.833 bits per heavy atom. The normalized spacial score (nSPS) is 8.83. The summed E-state index contributed by atoms with van der Waals surface area (Å²) in [7, 11) is 0. The highest BCUT2D eigenvalue weighted by Gasteiger charge is 2.06. The highest BCUT2D eigenvalue weighted by atomic mass is 35.5. The lowest BCUT2D eigenvalue weighted by atomic mass is 10.7. The fourth-order valence-electron chi connectivity index (χ4n) is 0.370. The van der Waals surface area contributed by atoms with Gasteiger partial charge in [0, 0.05) is 0 Å². The largest absolute Gasteiger partial charge is 0.225 e. The molecule has 1 rings (SSSR count). The van der Waals surface area contributed by atoms with Gasteiger partial charge in [0.2, 0.25) is 5.28 Å². The van der Waals surface area contributed by atoms with Crippen LogP contribution in [0.3, 0.4) is 0 Å². The highest BCUT2D eigenvalue weighted by molar-refractivity contribution is 6.47. The Morgan fingerprint density at radius 2 is 1.17 bits per heavy atom. The van der Waals surface area contributed by atoms with Crippen LogP contribution < -0.4 is 0 Å². The van der Waals surface area contributed by atoms with Crippen LogP contribution in [0.2, 0.25) is 20.6 Å². The molecule has 68 valence electrons. The standard InChI is InChI=1S/C4Cl4N2.C2H6/c5-1-2(6)9-4(8)10-3(1)7;1-2/h;1-2H3. The van der Waals surface area contributed by atoms with E-state index in [0.717, 1.165) is 0 Å². The van der Waals surface area contributed by atoms with Crippen molar-refractivity contribution >= 4 is 46.4 Å². The molecular weight excluding hydrogens is 242 g/mol. The van der Waals surface area contributed by atoms with E-state index in [4.69, 9.17) is 46.4 Å². The summed E-state index contributed by atoms with van der Waals surface area (Å²) < 4.78 is 0. The summed E-state index contributed by atoms with van der Waals surface area (Å²) in [6, 6.07) is 0. The van der Waals surface area contributed by atoms with Gasteiger partial charge in [0.05, 0.1) is 0 Å². The molecule has 0 saturated heterocycles. The number of halogens is 4.